The number of hydrogen-bond donors (Lipinski definition) is 1. The zero-order chi connectivity index (χ0) is 22.1. The minimum absolute atomic E-state index is 0.0727. The van der Waals surface area contributed by atoms with E-state index in [9.17, 15) is 4.39 Å². The Bertz CT molecular complexity index is 1280. The molecule has 0 fully saturated rings. The van der Waals surface area contributed by atoms with Crippen LogP contribution < -0.4 is 19.5 Å². The van der Waals surface area contributed by atoms with Crippen LogP contribution in [0.3, 0.4) is 0 Å². The van der Waals surface area contributed by atoms with Crippen molar-refractivity contribution in [3.05, 3.63) is 75.5 Å². The molecule has 4 aromatic rings. The van der Waals surface area contributed by atoms with Crippen LogP contribution in [0.2, 0.25) is 0 Å². The molecule has 5 rings (SSSR count). The van der Waals surface area contributed by atoms with Gasteiger partial charge in [0.05, 0.1) is 16.2 Å². The van der Waals surface area contributed by atoms with E-state index in [0.29, 0.717) is 23.9 Å². The molecule has 0 bridgehead atoms. The maximum absolute atomic E-state index is 13.6. The average molecular weight is 452 g/mol. The molecular formula is C24H22FN3O3S. The number of ether oxygens (including phenoxy) is 3. The van der Waals surface area contributed by atoms with E-state index in [0.717, 1.165) is 32.7 Å². The van der Waals surface area contributed by atoms with Crippen LogP contribution in [0.4, 0.5) is 4.39 Å². The highest BCUT2D eigenvalue weighted by atomic mass is 32.1. The summed E-state index contributed by atoms with van der Waals surface area (Å²) in [4.78, 5) is 9.30. The Kier molecular flexibility index (Phi) is 5.63. The molecule has 0 saturated heterocycles. The highest BCUT2D eigenvalue weighted by molar-refractivity contribution is 7.09. The van der Waals surface area contributed by atoms with Crippen molar-refractivity contribution in [2.24, 2.45) is 0 Å². The summed E-state index contributed by atoms with van der Waals surface area (Å²) in [6.45, 7) is 5.03. The van der Waals surface area contributed by atoms with Gasteiger partial charge in [-0.2, -0.15) is 0 Å². The van der Waals surface area contributed by atoms with E-state index in [1.165, 1.54) is 12.1 Å². The summed E-state index contributed by atoms with van der Waals surface area (Å²) in [5.74, 6) is 1.58. The molecule has 164 valence electrons. The molecule has 6 nitrogen and oxygen atoms in total. The van der Waals surface area contributed by atoms with E-state index < -0.39 is 0 Å². The van der Waals surface area contributed by atoms with Crippen LogP contribution in [0.25, 0.3) is 10.9 Å². The number of nitrogens with one attached hydrogen (secondary N) is 1. The van der Waals surface area contributed by atoms with Crippen LogP contribution >= 0.6 is 11.3 Å². The summed E-state index contributed by atoms with van der Waals surface area (Å²) in [5, 5.41) is 7.53. The van der Waals surface area contributed by atoms with Crippen molar-refractivity contribution < 1.29 is 18.6 Å². The van der Waals surface area contributed by atoms with E-state index in [1.807, 2.05) is 31.2 Å². The summed E-state index contributed by atoms with van der Waals surface area (Å²) in [5.41, 5.74) is 3.39. The lowest BCUT2D eigenvalue weighted by atomic mass is 10.1. The van der Waals surface area contributed by atoms with Crippen molar-refractivity contribution in [1.29, 1.82) is 0 Å². The number of aromatic nitrogens is 2. The van der Waals surface area contributed by atoms with Gasteiger partial charge in [0.1, 0.15) is 12.4 Å². The first-order chi connectivity index (χ1) is 15.5. The highest BCUT2D eigenvalue weighted by Crippen LogP contribution is 2.37. The Labute approximate surface area is 189 Å². The number of halogens is 1. The molecule has 0 spiro atoms. The number of hydrogen-bond acceptors (Lipinski definition) is 7. The Morgan fingerprint density at radius 3 is 2.78 bits per heavy atom. The van der Waals surface area contributed by atoms with Crippen LogP contribution in [0.1, 0.15) is 34.8 Å². The van der Waals surface area contributed by atoms with Gasteiger partial charge < -0.3 is 19.5 Å². The zero-order valence-electron chi connectivity index (χ0n) is 17.7. The fraction of sp³-hybridized carbons (Fsp3) is 0.250. The highest BCUT2D eigenvalue weighted by Gasteiger charge is 2.18. The third-order valence-corrected chi connectivity index (χ3v) is 6.08. The van der Waals surface area contributed by atoms with Gasteiger partial charge in [-0.3, -0.25) is 0 Å². The van der Waals surface area contributed by atoms with Gasteiger partial charge in [0, 0.05) is 35.0 Å². The number of pyridine rings is 1. The van der Waals surface area contributed by atoms with Gasteiger partial charge >= 0.3 is 0 Å². The molecular weight excluding hydrogens is 429 g/mol. The van der Waals surface area contributed by atoms with Crippen LogP contribution in [0.15, 0.2) is 47.8 Å². The second-order valence-electron chi connectivity index (χ2n) is 7.66. The number of aryl methyl sites for hydroxylation is 1. The molecule has 8 heteroatoms. The van der Waals surface area contributed by atoms with Gasteiger partial charge in [-0.15, -0.1) is 11.3 Å². The summed E-state index contributed by atoms with van der Waals surface area (Å²) >= 11 is 1.63. The number of benzene rings is 2. The summed E-state index contributed by atoms with van der Waals surface area (Å²) < 4.78 is 30.6. The Hall–Kier alpha value is -3.23. The molecule has 2 aromatic heterocycles. The lowest BCUT2D eigenvalue weighted by Gasteiger charge is -2.16. The Balaban J connectivity index is 1.43. The second kappa shape index (κ2) is 8.72. The van der Waals surface area contributed by atoms with Crippen molar-refractivity contribution in [3.63, 3.8) is 0 Å². The van der Waals surface area contributed by atoms with Gasteiger partial charge in [-0.1, -0.05) is 12.1 Å². The molecule has 0 radical (unpaired) electrons. The number of fused-ring (bicyclic) bond motifs is 2. The van der Waals surface area contributed by atoms with Crippen molar-refractivity contribution in [2.45, 2.75) is 33.0 Å². The molecule has 2 aromatic carbocycles. The van der Waals surface area contributed by atoms with Crippen molar-refractivity contribution >= 4 is 22.2 Å². The molecule has 0 unspecified atom stereocenters. The normalized spacial score (nSPS) is 13.5. The molecule has 0 amide bonds. The van der Waals surface area contributed by atoms with E-state index in [-0.39, 0.29) is 25.3 Å². The van der Waals surface area contributed by atoms with Gasteiger partial charge in [-0.05, 0) is 43.7 Å². The fourth-order valence-electron chi connectivity index (χ4n) is 3.57. The first-order valence-electron chi connectivity index (χ1n) is 10.3. The van der Waals surface area contributed by atoms with Gasteiger partial charge in [0.25, 0.3) is 0 Å². The van der Waals surface area contributed by atoms with Gasteiger partial charge in [0.15, 0.2) is 11.5 Å². The van der Waals surface area contributed by atoms with Gasteiger partial charge in [-0.25, -0.2) is 14.4 Å². The van der Waals surface area contributed by atoms with Crippen LogP contribution in [-0.2, 0) is 13.2 Å². The molecule has 1 N–H and O–H groups in total. The maximum Gasteiger partial charge on any atom is 0.231 e. The molecule has 32 heavy (non-hydrogen) atoms. The van der Waals surface area contributed by atoms with E-state index in [2.05, 4.69) is 22.6 Å². The third-order valence-electron chi connectivity index (χ3n) is 5.29. The van der Waals surface area contributed by atoms with E-state index in [4.69, 9.17) is 19.2 Å². The number of thiazole rings is 1. The van der Waals surface area contributed by atoms with E-state index in [1.54, 1.807) is 17.4 Å². The lowest BCUT2D eigenvalue weighted by Crippen LogP contribution is -2.19. The zero-order valence-corrected chi connectivity index (χ0v) is 18.5. The van der Waals surface area contributed by atoms with Crippen molar-refractivity contribution in [1.82, 2.24) is 15.3 Å². The lowest BCUT2D eigenvalue weighted by molar-refractivity contribution is 0.174. The third kappa shape index (κ3) is 4.37. The minimum atomic E-state index is -0.292. The second-order valence-corrected chi connectivity index (χ2v) is 8.73. The number of rotatable bonds is 7. The standard InChI is InChI=1S/C24H22FN3O3S/c1-14(21-12-32-15(2)27-21)26-10-18-7-17-8-22-23(31-13-30-22)9-20(17)28-24(18)29-11-16-4-3-5-19(25)6-16/h3-9,12,14,26H,10-11,13H2,1-2H3/t14-/m0/s1. The first-order valence-corrected chi connectivity index (χ1v) is 11.2. The summed E-state index contributed by atoms with van der Waals surface area (Å²) in [7, 11) is 0. The topological polar surface area (TPSA) is 65.5 Å². The predicted octanol–water partition coefficient (Wildman–Crippen LogP) is 5.30. The largest absolute Gasteiger partial charge is 0.473 e. The molecule has 0 saturated carbocycles. The first kappa shape index (κ1) is 20.7. The monoisotopic (exact) mass is 451 g/mol. The molecule has 3 heterocycles. The van der Waals surface area contributed by atoms with Crippen LogP contribution in [0, 0.1) is 12.7 Å². The molecule has 1 aliphatic rings. The van der Waals surface area contributed by atoms with Crippen molar-refractivity contribution in [3.8, 4) is 17.4 Å². The van der Waals surface area contributed by atoms with Crippen molar-refractivity contribution in [2.75, 3.05) is 6.79 Å². The summed E-state index contributed by atoms with van der Waals surface area (Å²) in [6.07, 6.45) is 0. The predicted molar refractivity (Wildman–Crippen MR) is 121 cm³/mol. The average Bonchev–Trinajstić information content (AvgIpc) is 3.42. The Morgan fingerprint density at radius 1 is 1.16 bits per heavy atom. The fourth-order valence-corrected chi connectivity index (χ4v) is 4.27. The van der Waals surface area contributed by atoms with E-state index >= 15 is 0 Å². The van der Waals surface area contributed by atoms with Crippen LogP contribution in [0.5, 0.6) is 17.4 Å². The SMILES string of the molecule is Cc1nc([C@H](C)NCc2cc3cc4c(cc3nc2OCc2cccc(F)c2)OCO4)cs1. The molecule has 1 aliphatic heterocycles. The minimum Gasteiger partial charge on any atom is -0.473 e. The smallest absolute Gasteiger partial charge is 0.231 e. The Morgan fingerprint density at radius 2 is 2.00 bits per heavy atom. The maximum atomic E-state index is 13.6. The molecule has 0 aliphatic carbocycles. The summed E-state index contributed by atoms with van der Waals surface area (Å²) in [6, 6.07) is 12.3. The quantitative estimate of drug-likeness (QED) is 0.412. The van der Waals surface area contributed by atoms with Crippen LogP contribution in [-0.4, -0.2) is 16.8 Å². The molecule has 1 atom stereocenters. The van der Waals surface area contributed by atoms with Gasteiger partial charge in [0.2, 0.25) is 12.7 Å². The number of nitrogens with zero attached hydrogens (tertiary/aromatic N) is 2.